The van der Waals surface area contributed by atoms with Gasteiger partial charge >= 0.3 is 0 Å². The fourth-order valence-corrected chi connectivity index (χ4v) is 1.88. The Kier molecular flexibility index (Phi) is 2.57. The molecule has 0 N–H and O–H groups in total. The number of nitrogens with zero attached hydrogens (tertiary/aromatic N) is 1. The van der Waals surface area contributed by atoms with Crippen LogP contribution in [0.2, 0.25) is 5.02 Å². The average Bonchev–Trinajstić information content (AvgIpc) is 2.17. The smallest absolute Gasteiger partial charge is 0.224 e. The van der Waals surface area contributed by atoms with Gasteiger partial charge in [-0.05, 0) is 25.1 Å². The van der Waals surface area contributed by atoms with E-state index in [0.717, 1.165) is 5.69 Å². The second kappa shape index (κ2) is 3.74. The van der Waals surface area contributed by atoms with E-state index in [1.807, 2.05) is 6.92 Å². The highest BCUT2D eigenvalue weighted by Crippen LogP contribution is 2.35. The van der Waals surface area contributed by atoms with Crippen LogP contribution in [0.25, 0.3) is 0 Å². The first-order valence-corrected chi connectivity index (χ1v) is 5.20. The van der Waals surface area contributed by atoms with E-state index in [1.165, 1.54) is 0 Å². The van der Waals surface area contributed by atoms with Crippen molar-refractivity contribution in [1.29, 1.82) is 0 Å². The number of rotatable bonds is 0. The third-order valence-electron chi connectivity index (χ3n) is 2.36. The maximum Gasteiger partial charge on any atom is 0.224 e. The first-order valence-electron chi connectivity index (χ1n) is 4.82. The van der Waals surface area contributed by atoms with Crippen molar-refractivity contribution in [2.75, 3.05) is 11.4 Å². The molecule has 0 saturated carbocycles. The van der Waals surface area contributed by atoms with Gasteiger partial charge in [-0.15, -0.1) is 0 Å². The lowest BCUT2D eigenvalue weighted by Gasteiger charge is -2.32. The van der Waals surface area contributed by atoms with Crippen LogP contribution < -0.4 is 9.64 Å². The Morgan fingerprint density at radius 1 is 1.60 bits per heavy atom. The van der Waals surface area contributed by atoms with Crippen LogP contribution in [0.3, 0.4) is 0 Å². The van der Waals surface area contributed by atoms with Gasteiger partial charge in [0.1, 0.15) is 11.9 Å². The van der Waals surface area contributed by atoms with Gasteiger partial charge < -0.3 is 9.64 Å². The molecule has 3 nitrogen and oxygen atoms in total. The number of ether oxygens (including phenoxy) is 1. The maximum atomic E-state index is 11.4. The highest BCUT2D eigenvalue weighted by atomic mass is 35.5. The molecule has 2 rings (SSSR count). The molecule has 0 aromatic heterocycles. The molecule has 0 radical (unpaired) electrons. The minimum absolute atomic E-state index is 0.00802. The number of benzene rings is 1. The summed E-state index contributed by atoms with van der Waals surface area (Å²) in [5.41, 5.74) is 0.758. The van der Waals surface area contributed by atoms with Crippen LogP contribution in [0, 0.1) is 0 Å². The highest BCUT2D eigenvalue weighted by molar-refractivity contribution is 6.31. The van der Waals surface area contributed by atoms with E-state index in [2.05, 4.69) is 0 Å². The molecule has 0 bridgehead atoms. The molecule has 0 saturated heterocycles. The number of fused-ring (bicyclic) bond motifs is 1. The molecular weight excluding hydrogens is 214 g/mol. The zero-order chi connectivity index (χ0) is 11.0. The second-order valence-corrected chi connectivity index (χ2v) is 4.11. The zero-order valence-corrected chi connectivity index (χ0v) is 9.41. The van der Waals surface area contributed by atoms with Crippen LogP contribution in [-0.2, 0) is 4.79 Å². The van der Waals surface area contributed by atoms with Gasteiger partial charge in [0.05, 0.1) is 12.2 Å². The van der Waals surface area contributed by atoms with Crippen LogP contribution in [0.15, 0.2) is 18.2 Å². The Morgan fingerprint density at radius 2 is 2.33 bits per heavy atom. The minimum atomic E-state index is 0.00802. The largest absolute Gasteiger partial charge is 0.487 e. The summed E-state index contributed by atoms with van der Waals surface area (Å²) >= 11 is 5.89. The number of hydrogen-bond donors (Lipinski definition) is 0. The quantitative estimate of drug-likeness (QED) is 0.679. The van der Waals surface area contributed by atoms with Crippen molar-refractivity contribution in [3.05, 3.63) is 23.2 Å². The van der Waals surface area contributed by atoms with Crippen molar-refractivity contribution < 1.29 is 9.53 Å². The summed E-state index contributed by atoms with van der Waals surface area (Å²) in [7, 11) is 0. The minimum Gasteiger partial charge on any atom is -0.487 e. The fraction of sp³-hybridized carbons (Fsp3) is 0.364. The van der Waals surface area contributed by atoms with Crippen molar-refractivity contribution in [2.24, 2.45) is 0 Å². The van der Waals surface area contributed by atoms with Gasteiger partial charge in [0.15, 0.2) is 0 Å². The molecule has 0 aliphatic carbocycles. The van der Waals surface area contributed by atoms with Gasteiger partial charge in [0.25, 0.3) is 0 Å². The summed E-state index contributed by atoms with van der Waals surface area (Å²) in [6, 6.07) is 5.31. The zero-order valence-electron chi connectivity index (χ0n) is 8.66. The van der Waals surface area contributed by atoms with Crippen molar-refractivity contribution in [3.63, 3.8) is 0 Å². The normalized spacial score (nSPS) is 19.4. The molecule has 1 aromatic carbocycles. The Hall–Kier alpha value is -1.22. The molecule has 1 aliphatic heterocycles. The first-order chi connectivity index (χ1) is 7.08. The molecule has 0 fully saturated rings. The van der Waals surface area contributed by atoms with Gasteiger partial charge in [0, 0.05) is 11.9 Å². The number of anilines is 1. The van der Waals surface area contributed by atoms with E-state index >= 15 is 0 Å². The number of hydrogen-bond acceptors (Lipinski definition) is 2. The summed E-state index contributed by atoms with van der Waals surface area (Å²) in [6.07, 6.45) is 0.0163. The molecule has 1 aromatic rings. The SMILES string of the molecule is CC(=O)N1C[C@@H](C)Oc2ccc(Cl)cc21. The third kappa shape index (κ3) is 1.92. The first kappa shape index (κ1) is 10.3. The predicted molar refractivity (Wildman–Crippen MR) is 59.6 cm³/mol. The molecule has 1 aliphatic rings. The van der Waals surface area contributed by atoms with Crippen molar-refractivity contribution in [3.8, 4) is 5.75 Å². The lowest BCUT2D eigenvalue weighted by atomic mass is 10.2. The summed E-state index contributed by atoms with van der Waals surface area (Å²) in [5.74, 6) is 0.724. The second-order valence-electron chi connectivity index (χ2n) is 3.67. The Bertz CT molecular complexity index is 406. The van der Waals surface area contributed by atoms with Crippen LogP contribution in [0.4, 0.5) is 5.69 Å². The highest BCUT2D eigenvalue weighted by Gasteiger charge is 2.25. The Balaban J connectivity index is 2.47. The van der Waals surface area contributed by atoms with Gasteiger partial charge in [-0.2, -0.15) is 0 Å². The molecule has 0 unspecified atom stereocenters. The van der Waals surface area contributed by atoms with Crippen LogP contribution in [0.5, 0.6) is 5.75 Å². The maximum absolute atomic E-state index is 11.4. The van der Waals surface area contributed by atoms with Gasteiger partial charge in [-0.3, -0.25) is 4.79 Å². The van der Waals surface area contributed by atoms with E-state index in [-0.39, 0.29) is 12.0 Å². The lowest BCUT2D eigenvalue weighted by molar-refractivity contribution is -0.117. The van der Waals surface area contributed by atoms with Crippen LogP contribution in [-0.4, -0.2) is 18.6 Å². The molecule has 15 heavy (non-hydrogen) atoms. The topological polar surface area (TPSA) is 29.5 Å². The van der Waals surface area contributed by atoms with E-state index in [4.69, 9.17) is 16.3 Å². The number of halogens is 1. The average molecular weight is 226 g/mol. The number of carbonyl (C=O) groups excluding carboxylic acids is 1. The van der Waals surface area contributed by atoms with Gasteiger partial charge in [0.2, 0.25) is 5.91 Å². The van der Waals surface area contributed by atoms with Crippen LogP contribution >= 0.6 is 11.6 Å². The van der Waals surface area contributed by atoms with E-state index in [9.17, 15) is 4.79 Å². The molecule has 4 heteroatoms. The number of carbonyl (C=O) groups is 1. The molecule has 80 valence electrons. The van der Waals surface area contributed by atoms with Crippen molar-refractivity contribution in [2.45, 2.75) is 20.0 Å². The van der Waals surface area contributed by atoms with Crippen molar-refractivity contribution in [1.82, 2.24) is 0 Å². The Labute approximate surface area is 93.6 Å². The Morgan fingerprint density at radius 3 is 3.00 bits per heavy atom. The molecule has 1 amide bonds. The fourth-order valence-electron chi connectivity index (χ4n) is 1.71. The predicted octanol–water partition coefficient (Wildman–Crippen LogP) is 2.47. The standard InChI is InChI=1S/C11H12ClNO2/c1-7-6-13(8(2)14)10-5-9(12)3-4-11(10)15-7/h3-5,7H,6H2,1-2H3/t7-/m1/s1. The third-order valence-corrected chi connectivity index (χ3v) is 2.59. The molecule has 1 heterocycles. The van der Waals surface area contributed by atoms with E-state index < -0.39 is 0 Å². The van der Waals surface area contributed by atoms with E-state index in [0.29, 0.717) is 17.3 Å². The van der Waals surface area contributed by atoms with Crippen molar-refractivity contribution >= 4 is 23.2 Å². The lowest BCUT2D eigenvalue weighted by Crippen LogP contribution is -2.41. The summed E-state index contributed by atoms with van der Waals surface area (Å²) in [5, 5.41) is 0.609. The molecule has 1 atom stereocenters. The summed E-state index contributed by atoms with van der Waals surface area (Å²) in [4.78, 5) is 13.1. The summed E-state index contributed by atoms with van der Waals surface area (Å²) in [6.45, 7) is 4.05. The monoisotopic (exact) mass is 225 g/mol. The van der Waals surface area contributed by atoms with Gasteiger partial charge in [-0.25, -0.2) is 0 Å². The molecular formula is C11H12ClNO2. The van der Waals surface area contributed by atoms with E-state index in [1.54, 1.807) is 30.0 Å². The van der Waals surface area contributed by atoms with Crippen LogP contribution in [0.1, 0.15) is 13.8 Å². The van der Waals surface area contributed by atoms with Gasteiger partial charge in [-0.1, -0.05) is 11.6 Å². The summed E-state index contributed by atoms with van der Waals surface area (Å²) < 4.78 is 5.61. The number of amides is 1. The molecule has 0 spiro atoms.